The number of nitrogens with one attached hydrogen (secondary N) is 1. The second kappa shape index (κ2) is 6.49. The molecule has 0 bridgehead atoms. The van der Waals surface area contributed by atoms with Crippen molar-refractivity contribution in [3.63, 3.8) is 0 Å². The molecule has 0 aliphatic carbocycles. The molecule has 2 aromatic carbocycles. The van der Waals surface area contributed by atoms with Crippen molar-refractivity contribution >= 4 is 27.6 Å². The fourth-order valence-corrected chi connectivity index (χ4v) is 2.93. The first-order chi connectivity index (χ1) is 10.8. The minimum Gasteiger partial charge on any atom is -0.478 e. The molecule has 0 aliphatic rings. The first-order valence-corrected chi connectivity index (χ1v) is 7.86. The van der Waals surface area contributed by atoms with Crippen LogP contribution >= 0.6 is 0 Å². The van der Waals surface area contributed by atoms with Gasteiger partial charge in [0.25, 0.3) is 10.0 Å². The van der Waals surface area contributed by atoms with E-state index < -0.39 is 22.0 Å². The molecule has 0 saturated carbocycles. The number of aromatic carboxylic acids is 1. The topological polar surface area (TPSA) is 110 Å². The Balaban J connectivity index is 2.33. The van der Waals surface area contributed by atoms with Crippen LogP contribution in [0.15, 0.2) is 53.4 Å². The number of esters is 1. The van der Waals surface area contributed by atoms with Crippen molar-refractivity contribution in [3.8, 4) is 0 Å². The summed E-state index contributed by atoms with van der Waals surface area (Å²) in [6.07, 6.45) is 0. The Morgan fingerprint density at radius 2 is 1.70 bits per heavy atom. The minimum absolute atomic E-state index is 0.142. The summed E-state index contributed by atoms with van der Waals surface area (Å²) in [4.78, 5) is 22.2. The zero-order valence-electron chi connectivity index (χ0n) is 12.0. The minimum atomic E-state index is -3.98. The van der Waals surface area contributed by atoms with Crippen molar-refractivity contribution < 1.29 is 27.9 Å². The van der Waals surface area contributed by atoms with Gasteiger partial charge >= 0.3 is 11.9 Å². The van der Waals surface area contributed by atoms with Crippen LogP contribution in [0.4, 0.5) is 5.69 Å². The molecule has 2 aromatic rings. The quantitative estimate of drug-likeness (QED) is 0.809. The van der Waals surface area contributed by atoms with Gasteiger partial charge in [0, 0.05) is 5.69 Å². The van der Waals surface area contributed by atoms with Gasteiger partial charge in [0.2, 0.25) is 0 Å². The van der Waals surface area contributed by atoms with Crippen LogP contribution in [0.5, 0.6) is 0 Å². The molecule has 7 nitrogen and oxygen atoms in total. The van der Waals surface area contributed by atoms with Gasteiger partial charge in [0.1, 0.15) is 0 Å². The van der Waals surface area contributed by atoms with E-state index in [-0.39, 0.29) is 21.7 Å². The number of carboxylic acids is 1. The van der Waals surface area contributed by atoms with Gasteiger partial charge in [-0.1, -0.05) is 12.1 Å². The van der Waals surface area contributed by atoms with E-state index in [1.807, 2.05) is 0 Å². The van der Waals surface area contributed by atoms with Crippen molar-refractivity contribution in [2.45, 2.75) is 4.90 Å². The van der Waals surface area contributed by atoms with E-state index in [9.17, 15) is 18.0 Å². The van der Waals surface area contributed by atoms with Gasteiger partial charge in [-0.3, -0.25) is 4.72 Å². The highest BCUT2D eigenvalue weighted by Gasteiger charge is 2.17. The highest BCUT2D eigenvalue weighted by Crippen LogP contribution is 2.18. The van der Waals surface area contributed by atoms with Gasteiger partial charge < -0.3 is 9.84 Å². The van der Waals surface area contributed by atoms with E-state index in [0.717, 1.165) is 6.07 Å². The maximum atomic E-state index is 12.3. The summed E-state index contributed by atoms with van der Waals surface area (Å²) in [5.74, 6) is -1.83. The van der Waals surface area contributed by atoms with E-state index in [1.54, 1.807) is 0 Å². The second-order valence-electron chi connectivity index (χ2n) is 4.51. The van der Waals surface area contributed by atoms with E-state index >= 15 is 0 Å². The highest BCUT2D eigenvalue weighted by atomic mass is 32.2. The number of benzene rings is 2. The van der Waals surface area contributed by atoms with E-state index in [1.165, 1.54) is 49.6 Å². The van der Waals surface area contributed by atoms with Crippen LogP contribution in [0, 0.1) is 0 Å². The molecule has 0 atom stereocenters. The molecule has 8 heteroatoms. The monoisotopic (exact) mass is 335 g/mol. The fourth-order valence-electron chi connectivity index (χ4n) is 1.84. The van der Waals surface area contributed by atoms with Crippen molar-refractivity contribution in [2.24, 2.45) is 0 Å². The molecule has 0 amide bonds. The summed E-state index contributed by atoms with van der Waals surface area (Å²) in [7, 11) is -2.77. The van der Waals surface area contributed by atoms with Crippen molar-refractivity contribution in [3.05, 3.63) is 59.7 Å². The lowest BCUT2D eigenvalue weighted by Gasteiger charge is -2.09. The van der Waals surface area contributed by atoms with Crippen LogP contribution in [0.3, 0.4) is 0 Å². The molecule has 2 N–H and O–H groups in total. The smallest absolute Gasteiger partial charge is 0.337 e. The summed E-state index contributed by atoms with van der Waals surface area (Å²) < 4.78 is 31.5. The Labute approximate surface area is 132 Å². The zero-order valence-corrected chi connectivity index (χ0v) is 12.8. The Hall–Kier alpha value is -2.87. The second-order valence-corrected chi connectivity index (χ2v) is 6.19. The number of rotatable bonds is 5. The number of sulfonamides is 1. The lowest BCUT2D eigenvalue weighted by atomic mass is 10.2. The van der Waals surface area contributed by atoms with Gasteiger partial charge in [-0.25, -0.2) is 18.0 Å². The normalized spacial score (nSPS) is 10.8. The van der Waals surface area contributed by atoms with Crippen LogP contribution < -0.4 is 4.72 Å². The molecule has 0 aromatic heterocycles. The van der Waals surface area contributed by atoms with Crippen LogP contribution in [-0.4, -0.2) is 32.6 Å². The molecule has 0 aliphatic heterocycles. The average molecular weight is 335 g/mol. The number of ether oxygens (including phenoxy) is 1. The number of methoxy groups -OCH3 is 1. The Kier molecular flexibility index (Phi) is 4.65. The molecule has 0 radical (unpaired) electrons. The van der Waals surface area contributed by atoms with E-state index in [0.29, 0.717) is 0 Å². The zero-order chi connectivity index (χ0) is 17.0. The Morgan fingerprint density at radius 1 is 1.04 bits per heavy atom. The fraction of sp³-hybridized carbons (Fsp3) is 0.0667. The number of carbonyl (C=O) groups is 2. The molecule has 0 unspecified atom stereocenters. The predicted molar refractivity (Wildman–Crippen MR) is 82.0 cm³/mol. The molecule has 0 fully saturated rings. The summed E-state index contributed by atoms with van der Waals surface area (Å²) in [6, 6.07) is 10.7. The predicted octanol–water partition coefficient (Wildman–Crippen LogP) is 1.97. The Bertz CT molecular complexity index is 860. The first-order valence-electron chi connectivity index (χ1n) is 6.38. The summed E-state index contributed by atoms with van der Waals surface area (Å²) >= 11 is 0. The van der Waals surface area contributed by atoms with Crippen molar-refractivity contribution in [1.82, 2.24) is 0 Å². The molecule has 120 valence electrons. The van der Waals surface area contributed by atoms with Crippen LogP contribution in [0.25, 0.3) is 0 Å². The summed E-state index contributed by atoms with van der Waals surface area (Å²) in [5, 5.41) is 8.92. The van der Waals surface area contributed by atoms with E-state index in [2.05, 4.69) is 9.46 Å². The summed E-state index contributed by atoms with van der Waals surface area (Å²) in [6.45, 7) is 0. The third kappa shape index (κ3) is 3.86. The highest BCUT2D eigenvalue weighted by molar-refractivity contribution is 7.92. The maximum Gasteiger partial charge on any atom is 0.337 e. The Morgan fingerprint density at radius 3 is 2.35 bits per heavy atom. The standard InChI is InChI=1S/C15H13NO6S/c1-22-15(19)11-5-2-6-12(8-11)16-23(20,21)13-7-3-4-10(9-13)14(17)18/h2-9,16H,1H3,(H,17,18). The number of carboxylic acid groups (broad SMARTS) is 1. The van der Waals surface area contributed by atoms with Crippen LogP contribution in [0.2, 0.25) is 0 Å². The molecular formula is C15H13NO6S. The number of anilines is 1. The van der Waals surface area contributed by atoms with Gasteiger partial charge in [0.05, 0.1) is 23.1 Å². The van der Waals surface area contributed by atoms with Gasteiger partial charge in [-0.2, -0.15) is 0 Å². The molecular weight excluding hydrogens is 322 g/mol. The maximum absolute atomic E-state index is 12.3. The number of carbonyl (C=O) groups excluding carboxylic acids is 1. The van der Waals surface area contributed by atoms with Gasteiger partial charge in [-0.05, 0) is 36.4 Å². The third-order valence-electron chi connectivity index (χ3n) is 2.93. The number of hydrogen-bond donors (Lipinski definition) is 2. The molecule has 23 heavy (non-hydrogen) atoms. The average Bonchev–Trinajstić information content (AvgIpc) is 2.54. The van der Waals surface area contributed by atoms with Crippen LogP contribution in [0.1, 0.15) is 20.7 Å². The largest absolute Gasteiger partial charge is 0.478 e. The van der Waals surface area contributed by atoms with Crippen molar-refractivity contribution in [1.29, 1.82) is 0 Å². The molecule has 0 spiro atoms. The molecule has 0 heterocycles. The van der Waals surface area contributed by atoms with E-state index in [4.69, 9.17) is 5.11 Å². The SMILES string of the molecule is COC(=O)c1cccc(NS(=O)(=O)c2cccc(C(=O)O)c2)c1. The van der Waals surface area contributed by atoms with Gasteiger partial charge in [-0.15, -0.1) is 0 Å². The summed E-state index contributed by atoms with van der Waals surface area (Å²) in [5.41, 5.74) is 0.205. The molecule has 2 rings (SSSR count). The van der Waals surface area contributed by atoms with Crippen molar-refractivity contribution in [2.75, 3.05) is 11.8 Å². The third-order valence-corrected chi connectivity index (χ3v) is 4.31. The molecule has 0 saturated heterocycles. The number of hydrogen-bond acceptors (Lipinski definition) is 5. The lowest BCUT2D eigenvalue weighted by molar-refractivity contribution is 0.0600. The van der Waals surface area contributed by atoms with Gasteiger partial charge in [0.15, 0.2) is 0 Å². The van der Waals surface area contributed by atoms with Crippen LogP contribution in [-0.2, 0) is 14.8 Å². The first kappa shape index (κ1) is 16.5. The lowest BCUT2D eigenvalue weighted by Crippen LogP contribution is -2.14.